The number of nitrogens with zero attached hydrogens (tertiary/aromatic N) is 5. The predicted octanol–water partition coefficient (Wildman–Crippen LogP) is 3.12. The second-order valence-electron chi connectivity index (χ2n) is 8.36. The van der Waals surface area contributed by atoms with Gasteiger partial charge in [0.05, 0.1) is 23.0 Å². The zero-order chi connectivity index (χ0) is 25.0. The van der Waals surface area contributed by atoms with Crippen LogP contribution in [0.2, 0.25) is 5.02 Å². The summed E-state index contributed by atoms with van der Waals surface area (Å²) in [6, 6.07) is 10.8. The highest BCUT2D eigenvalue weighted by Crippen LogP contribution is 2.37. The van der Waals surface area contributed by atoms with Crippen LogP contribution in [0.5, 0.6) is 0 Å². The third-order valence-electron chi connectivity index (χ3n) is 6.21. The second-order valence-corrected chi connectivity index (χ2v) is 8.80. The molecule has 5 heterocycles. The number of hydrogen-bond donors (Lipinski definition) is 4. The van der Waals surface area contributed by atoms with Gasteiger partial charge in [0.25, 0.3) is 5.56 Å². The molecule has 0 spiro atoms. The van der Waals surface area contributed by atoms with Crippen molar-refractivity contribution in [2.75, 3.05) is 10.7 Å². The number of halogens is 3. The Kier molecular flexibility index (Phi) is 5.20. The van der Waals surface area contributed by atoms with Gasteiger partial charge in [0.2, 0.25) is 11.9 Å². The zero-order valence-electron chi connectivity index (χ0n) is 18.5. The number of aromatic nitrogens is 4. The van der Waals surface area contributed by atoms with Gasteiger partial charge in [-0.15, -0.1) is 5.53 Å². The molecule has 0 radical (unpaired) electrons. The lowest BCUT2D eigenvalue weighted by Gasteiger charge is -2.19. The molecular weight excluding hydrogens is 492 g/mol. The molecule has 13 heteroatoms. The molecule has 1 aromatic carbocycles. The monoisotopic (exact) mass is 509 g/mol. The number of pyridine rings is 2. The smallest absolute Gasteiger partial charge is 0.251 e. The number of aromatic amines is 1. The number of hydrazone groups is 1. The lowest BCUT2D eigenvalue weighted by Crippen LogP contribution is -2.37. The fourth-order valence-corrected chi connectivity index (χ4v) is 4.80. The Morgan fingerprint density at radius 1 is 1.06 bits per heavy atom. The van der Waals surface area contributed by atoms with Gasteiger partial charge in [0, 0.05) is 22.3 Å². The first-order valence-corrected chi connectivity index (χ1v) is 11.3. The van der Waals surface area contributed by atoms with Crippen LogP contribution in [0.3, 0.4) is 0 Å². The van der Waals surface area contributed by atoms with Gasteiger partial charge in [-0.3, -0.25) is 4.79 Å². The highest BCUT2D eigenvalue weighted by atomic mass is 35.5. The number of benzene rings is 1. The molecular formula is C23H18ClF2N9O. The topological polar surface area (TPSA) is 129 Å². The third-order valence-corrected chi connectivity index (χ3v) is 6.45. The van der Waals surface area contributed by atoms with Crippen LogP contribution in [0.25, 0.3) is 22.5 Å². The number of fused-ring (bicyclic) bond motifs is 1. The van der Waals surface area contributed by atoms with E-state index in [0.29, 0.717) is 23.4 Å². The summed E-state index contributed by atoms with van der Waals surface area (Å²) in [7, 11) is 0. The van der Waals surface area contributed by atoms with Crippen molar-refractivity contribution in [1.82, 2.24) is 30.6 Å². The molecule has 6 rings (SSSR count). The van der Waals surface area contributed by atoms with E-state index < -0.39 is 17.9 Å². The number of H-pyrrole nitrogens is 1. The fourth-order valence-electron chi connectivity index (χ4n) is 4.63. The van der Waals surface area contributed by atoms with Crippen LogP contribution in [0.1, 0.15) is 23.9 Å². The molecule has 0 saturated carbocycles. The number of nitrogens with one attached hydrogen (secondary N) is 3. The molecule has 1 unspecified atom stereocenters. The Morgan fingerprint density at radius 3 is 2.69 bits per heavy atom. The van der Waals surface area contributed by atoms with E-state index in [1.54, 1.807) is 23.5 Å². The van der Waals surface area contributed by atoms with E-state index in [0.717, 1.165) is 16.9 Å². The van der Waals surface area contributed by atoms with Gasteiger partial charge >= 0.3 is 0 Å². The normalized spacial score (nSPS) is 16.4. The first-order valence-electron chi connectivity index (χ1n) is 11.0. The summed E-state index contributed by atoms with van der Waals surface area (Å²) in [6.07, 6.45) is 2.55. The van der Waals surface area contributed by atoms with Crippen LogP contribution < -0.4 is 27.4 Å². The van der Waals surface area contributed by atoms with Crippen molar-refractivity contribution < 1.29 is 8.78 Å². The molecule has 182 valence electrons. The molecule has 0 bridgehead atoms. The minimum atomic E-state index is -0.867. The van der Waals surface area contributed by atoms with Crippen LogP contribution >= 0.6 is 11.6 Å². The standard InChI is InChI=1S/C23H18ClF2N9O/c24-12-1-4-16(34-10-28-32-33-34)15(9-12)11-7-13-2-5-17(35(13)19(36)8-11)20-22(26)31-23(30-20)14-3-6-18(27)29-21(14)25/h1,3-4,6-10,17,32-33H,2,5H2,(H2,27,29)(H,30,31). The third kappa shape index (κ3) is 3.67. The molecule has 3 aromatic heterocycles. The number of nitrogens with two attached hydrogens (primary N) is 1. The molecule has 0 saturated heterocycles. The van der Waals surface area contributed by atoms with Gasteiger partial charge < -0.3 is 15.3 Å². The van der Waals surface area contributed by atoms with Crippen LogP contribution in [0, 0.1) is 11.9 Å². The molecule has 2 aliphatic heterocycles. The van der Waals surface area contributed by atoms with Crippen molar-refractivity contribution in [3.63, 3.8) is 0 Å². The number of hydrazine groups is 2. The maximum atomic E-state index is 14.9. The Labute approximate surface area is 207 Å². The Hall–Kier alpha value is -4.29. The molecule has 36 heavy (non-hydrogen) atoms. The minimum absolute atomic E-state index is 0.00231. The summed E-state index contributed by atoms with van der Waals surface area (Å²) >= 11 is 6.26. The summed E-state index contributed by atoms with van der Waals surface area (Å²) in [5, 5.41) is 6.09. The van der Waals surface area contributed by atoms with Gasteiger partial charge in [0.1, 0.15) is 18.0 Å². The molecule has 1 atom stereocenters. The first kappa shape index (κ1) is 22.2. The summed E-state index contributed by atoms with van der Waals surface area (Å²) in [4.78, 5) is 23.6. The van der Waals surface area contributed by atoms with Crippen molar-refractivity contribution in [2.45, 2.75) is 18.9 Å². The van der Waals surface area contributed by atoms with Crippen molar-refractivity contribution >= 4 is 29.4 Å². The summed E-state index contributed by atoms with van der Waals surface area (Å²) < 4.78 is 30.7. The molecule has 5 N–H and O–H groups in total. The van der Waals surface area contributed by atoms with Gasteiger partial charge in [0.15, 0.2) is 0 Å². The van der Waals surface area contributed by atoms with Crippen LogP contribution in [0.4, 0.5) is 20.3 Å². The lowest BCUT2D eigenvalue weighted by molar-refractivity contribution is 0.515. The maximum absolute atomic E-state index is 14.9. The quantitative estimate of drug-likeness (QED) is 0.311. The maximum Gasteiger partial charge on any atom is 0.251 e. The van der Waals surface area contributed by atoms with Crippen LogP contribution in [-0.4, -0.2) is 25.9 Å². The largest absolute Gasteiger partial charge is 0.384 e. The molecule has 0 aliphatic carbocycles. The summed E-state index contributed by atoms with van der Waals surface area (Å²) in [5.74, 6) is -1.70. The van der Waals surface area contributed by atoms with E-state index in [1.165, 1.54) is 22.8 Å². The van der Waals surface area contributed by atoms with E-state index in [4.69, 9.17) is 17.3 Å². The van der Waals surface area contributed by atoms with E-state index in [-0.39, 0.29) is 28.5 Å². The van der Waals surface area contributed by atoms with Gasteiger partial charge in [-0.1, -0.05) is 11.6 Å². The molecule has 2 aliphatic rings. The molecule has 10 nitrogen and oxygen atoms in total. The Balaban J connectivity index is 1.40. The van der Waals surface area contributed by atoms with E-state index >= 15 is 0 Å². The van der Waals surface area contributed by atoms with Crippen molar-refractivity contribution in [3.05, 3.63) is 81.1 Å². The molecule has 0 amide bonds. The van der Waals surface area contributed by atoms with Crippen molar-refractivity contribution in [1.29, 1.82) is 0 Å². The first-order chi connectivity index (χ1) is 17.4. The average molecular weight is 510 g/mol. The van der Waals surface area contributed by atoms with Gasteiger partial charge in [-0.2, -0.15) is 18.9 Å². The van der Waals surface area contributed by atoms with Gasteiger partial charge in [-0.05, 0) is 54.8 Å². The van der Waals surface area contributed by atoms with Crippen LogP contribution in [-0.2, 0) is 6.42 Å². The SMILES string of the molecule is Nc1ccc(-c2nc(F)c(C3CCc4cc(-c5cc(Cl)ccc5N5C=NNN5)cc(=O)n43)[nH]2)c(F)n1. The number of anilines is 2. The predicted molar refractivity (Wildman–Crippen MR) is 131 cm³/mol. The van der Waals surface area contributed by atoms with E-state index in [1.807, 2.05) is 12.1 Å². The highest BCUT2D eigenvalue weighted by Gasteiger charge is 2.31. The summed E-state index contributed by atoms with van der Waals surface area (Å²) in [6.45, 7) is 0. The van der Waals surface area contributed by atoms with E-state index in [2.05, 4.69) is 31.1 Å². The van der Waals surface area contributed by atoms with Crippen molar-refractivity contribution in [3.8, 4) is 22.5 Å². The molecule has 4 aromatic rings. The molecule has 0 fully saturated rings. The van der Waals surface area contributed by atoms with E-state index in [9.17, 15) is 13.6 Å². The zero-order valence-corrected chi connectivity index (χ0v) is 19.2. The Morgan fingerprint density at radius 2 is 1.92 bits per heavy atom. The Bertz CT molecular complexity index is 1600. The second kappa shape index (κ2) is 8.43. The van der Waals surface area contributed by atoms with Gasteiger partial charge in [-0.25, -0.2) is 15.5 Å². The van der Waals surface area contributed by atoms with Crippen LogP contribution in [0.15, 0.2) is 52.4 Å². The lowest BCUT2D eigenvalue weighted by atomic mass is 10.0. The number of nitrogen functional groups attached to an aromatic ring is 1. The minimum Gasteiger partial charge on any atom is -0.384 e. The number of hydrogen-bond acceptors (Lipinski definition) is 8. The van der Waals surface area contributed by atoms with Crippen molar-refractivity contribution in [2.24, 2.45) is 5.10 Å². The highest BCUT2D eigenvalue weighted by molar-refractivity contribution is 6.31. The number of aryl methyl sites for hydroxylation is 1. The average Bonchev–Trinajstić information content (AvgIpc) is 3.59. The summed E-state index contributed by atoms with van der Waals surface area (Å²) in [5.41, 5.74) is 13.6. The number of rotatable bonds is 4. The number of imidazole rings is 1. The fraction of sp³-hybridized carbons (Fsp3) is 0.130.